The first-order valence-electron chi connectivity index (χ1n) is 4.57. The molecule has 82 valence electrons. The smallest absolute Gasteiger partial charge is 0.338 e. The summed E-state index contributed by atoms with van der Waals surface area (Å²) in [5.74, 6) is 0.383. The Morgan fingerprint density at radius 3 is 2.80 bits per heavy atom. The van der Waals surface area contributed by atoms with Crippen LogP contribution in [-0.2, 0) is 4.74 Å². The van der Waals surface area contributed by atoms with Crippen molar-refractivity contribution < 1.29 is 14.3 Å². The molecule has 0 aromatic heterocycles. The molecule has 0 aliphatic heterocycles. The Labute approximate surface area is 97.5 Å². The van der Waals surface area contributed by atoms with Gasteiger partial charge in [0, 0.05) is 10.9 Å². The van der Waals surface area contributed by atoms with Crippen LogP contribution in [0.25, 0.3) is 0 Å². The molecule has 0 saturated carbocycles. The van der Waals surface area contributed by atoms with Crippen molar-refractivity contribution in [1.82, 2.24) is 0 Å². The SMILES string of the molecule is COC(=O)c1cccc(OCCBr)c1C. The largest absolute Gasteiger partial charge is 0.492 e. The van der Waals surface area contributed by atoms with E-state index in [2.05, 4.69) is 20.7 Å². The van der Waals surface area contributed by atoms with Crippen LogP contribution in [0.2, 0.25) is 0 Å². The van der Waals surface area contributed by atoms with Crippen LogP contribution in [0.15, 0.2) is 18.2 Å². The zero-order valence-corrected chi connectivity index (χ0v) is 10.3. The molecule has 0 N–H and O–H groups in total. The normalized spacial score (nSPS) is 9.80. The number of ether oxygens (including phenoxy) is 2. The molecule has 0 radical (unpaired) electrons. The van der Waals surface area contributed by atoms with Gasteiger partial charge in [0.2, 0.25) is 0 Å². The molecule has 15 heavy (non-hydrogen) atoms. The molecule has 0 saturated heterocycles. The number of carbonyl (C=O) groups excluding carboxylic acids is 1. The van der Waals surface area contributed by atoms with E-state index in [0.717, 1.165) is 16.6 Å². The Morgan fingerprint density at radius 2 is 2.20 bits per heavy atom. The molecule has 3 nitrogen and oxygen atoms in total. The summed E-state index contributed by atoms with van der Waals surface area (Å²) in [5.41, 5.74) is 1.36. The summed E-state index contributed by atoms with van der Waals surface area (Å²) in [4.78, 5) is 11.4. The van der Waals surface area contributed by atoms with Gasteiger partial charge in [-0.2, -0.15) is 0 Å². The molecule has 1 aromatic carbocycles. The third-order valence-electron chi connectivity index (χ3n) is 2.02. The fourth-order valence-electron chi connectivity index (χ4n) is 1.25. The third kappa shape index (κ3) is 2.96. The van der Waals surface area contributed by atoms with Crippen LogP contribution >= 0.6 is 15.9 Å². The standard InChI is InChI=1S/C11H13BrO3/c1-8-9(11(13)14-2)4-3-5-10(8)15-7-6-12/h3-5H,6-7H2,1-2H3. The average molecular weight is 273 g/mol. The number of methoxy groups -OCH3 is 1. The third-order valence-corrected chi connectivity index (χ3v) is 2.35. The Morgan fingerprint density at radius 1 is 1.47 bits per heavy atom. The van der Waals surface area contributed by atoms with E-state index in [1.165, 1.54) is 7.11 Å². The van der Waals surface area contributed by atoms with E-state index in [0.29, 0.717) is 12.2 Å². The van der Waals surface area contributed by atoms with Crippen molar-refractivity contribution in [1.29, 1.82) is 0 Å². The highest BCUT2D eigenvalue weighted by Crippen LogP contribution is 2.21. The summed E-state index contributed by atoms with van der Waals surface area (Å²) < 4.78 is 10.1. The van der Waals surface area contributed by atoms with E-state index < -0.39 is 0 Å². The molecule has 0 bridgehead atoms. The number of carbonyl (C=O) groups is 1. The minimum absolute atomic E-state index is 0.336. The molecule has 0 amide bonds. The van der Waals surface area contributed by atoms with E-state index in [-0.39, 0.29) is 5.97 Å². The summed E-state index contributed by atoms with van der Waals surface area (Å²) in [5, 5.41) is 0.759. The zero-order chi connectivity index (χ0) is 11.3. The van der Waals surface area contributed by atoms with Gasteiger partial charge in [0.1, 0.15) is 5.75 Å². The maximum Gasteiger partial charge on any atom is 0.338 e. The second-order valence-electron chi connectivity index (χ2n) is 2.96. The molecule has 0 fully saturated rings. The molecule has 0 unspecified atom stereocenters. The van der Waals surface area contributed by atoms with Crippen molar-refractivity contribution in [3.63, 3.8) is 0 Å². The number of benzene rings is 1. The van der Waals surface area contributed by atoms with Gasteiger partial charge < -0.3 is 9.47 Å². The lowest BCUT2D eigenvalue weighted by atomic mass is 10.1. The first kappa shape index (κ1) is 12.0. The molecule has 1 aromatic rings. The monoisotopic (exact) mass is 272 g/mol. The highest BCUT2D eigenvalue weighted by Gasteiger charge is 2.11. The van der Waals surface area contributed by atoms with E-state index in [4.69, 9.17) is 4.74 Å². The lowest BCUT2D eigenvalue weighted by molar-refractivity contribution is 0.0599. The predicted octanol–water partition coefficient (Wildman–Crippen LogP) is 2.56. The topological polar surface area (TPSA) is 35.5 Å². The second kappa shape index (κ2) is 5.75. The van der Waals surface area contributed by atoms with Crippen LogP contribution in [0.1, 0.15) is 15.9 Å². The van der Waals surface area contributed by atoms with Gasteiger partial charge in [-0.25, -0.2) is 4.79 Å². The second-order valence-corrected chi connectivity index (χ2v) is 3.75. The van der Waals surface area contributed by atoms with E-state index in [9.17, 15) is 4.79 Å². The van der Waals surface area contributed by atoms with Gasteiger partial charge in [-0.15, -0.1) is 0 Å². The minimum atomic E-state index is -0.336. The van der Waals surface area contributed by atoms with Gasteiger partial charge in [0.05, 0.1) is 19.3 Å². The van der Waals surface area contributed by atoms with Crippen LogP contribution in [0.3, 0.4) is 0 Å². The van der Waals surface area contributed by atoms with Crippen molar-refractivity contribution in [2.24, 2.45) is 0 Å². The number of hydrogen-bond donors (Lipinski definition) is 0. The van der Waals surface area contributed by atoms with E-state index >= 15 is 0 Å². The summed E-state index contributed by atoms with van der Waals surface area (Å²) in [6, 6.07) is 5.34. The Balaban J connectivity index is 2.95. The van der Waals surface area contributed by atoms with Crippen molar-refractivity contribution in [3.8, 4) is 5.75 Å². The van der Waals surface area contributed by atoms with E-state index in [1.807, 2.05) is 13.0 Å². The molecule has 0 spiro atoms. The van der Waals surface area contributed by atoms with Crippen LogP contribution in [0, 0.1) is 6.92 Å². The molecular formula is C11H13BrO3. The average Bonchev–Trinajstić information content (AvgIpc) is 2.27. The van der Waals surface area contributed by atoms with Gasteiger partial charge in [-0.05, 0) is 19.1 Å². The Hall–Kier alpha value is -1.03. The van der Waals surface area contributed by atoms with Crippen molar-refractivity contribution in [2.75, 3.05) is 19.0 Å². The molecule has 0 heterocycles. The summed E-state index contributed by atoms with van der Waals surface area (Å²) >= 11 is 3.28. The predicted molar refractivity (Wildman–Crippen MR) is 61.8 cm³/mol. The van der Waals surface area contributed by atoms with Gasteiger partial charge in [0.25, 0.3) is 0 Å². The first-order valence-corrected chi connectivity index (χ1v) is 5.69. The molecule has 0 aliphatic carbocycles. The van der Waals surface area contributed by atoms with Gasteiger partial charge in [-0.1, -0.05) is 22.0 Å². The summed E-state index contributed by atoms with van der Waals surface area (Å²) in [6.45, 7) is 2.42. The molecule has 0 atom stereocenters. The van der Waals surface area contributed by atoms with Crippen LogP contribution in [0.4, 0.5) is 0 Å². The lowest BCUT2D eigenvalue weighted by Crippen LogP contribution is -2.06. The maximum atomic E-state index is 11.4. The van der Waals surface area contributed by atoms with Crippen LogP contribution in [-0.4, -0.2) is 25.0 Å². The van der Waals surface area contributed by atoms with Crippen LogP contribution < -0.4 is 4.74 Å². The molecule has 0 aliphatic rings. The Kier molecular flexibility index (Phi) is 4.62. The number of alkyl halides is 1. The first-order chi connectivity index (χ1) is 7.20. The van der Waals surface area contributed by atoms with Crippen molar-refractivity contribution in [2.45, 2.75) is 6.92 Å². The molecule has 4 heteroatoms. The molecular weight excluding hydrogens is 260 g/mol. The summed E-state index contributed by atoms with van der Waals surface area (Å²) in [6.07, 6.45) is 0. The fourth-order valence-corrected chi connectivity index (χ4v) is 1.41. The van der Waals surface area contributed by atoms with Gasteiger partial charge in [0.15, 0.2) is 0 Å². The highest BCUT2D eigenvalue weighted by atomic mass is 79.9. The molecule has 1 rings (SSSR count). The number of halogens is 1. The quantitative estimate of drug-likeness (QED) is 0.624. The van der Waals surface area contributed by atoms with Crippen LogP contribution in [0.5, 0.6) is 5.75 Å². The minimum Gasteiger partial charge on any atom is -0.492 e. The highest BCUT2D eigenvalue weighted by molar-refractivity contribution is 9.09. The lowest BCUT2D eigenvalue weighted by Gasteiger charge is -2.10. The zero-order valence-electron chi connectivity index (χ0n) is 8.75. The Bertz CT molecular complexity index is 350. The summed E-state index contributed by atoms with van der Waals surface area (Å²) in [7, 11) is 1.37. The maximum absolute atomic E-state index is 11.4. The fraction of sp³-hybridized carbons (Fsp3) is 0.364. The van der Waals surface area contributed by atoms with Gasteiger partial charge in [-0.3, -0.25) is 0 Å². The van der Waals surface area contributed by atoms with Gasteiger partial charge >= 0.3 is 5.97 Å². The number of esters is 1. The number of rotatable bonds is 4. The van der Waals surface area contributed by atoms with Crippen molar-refractivity contribution >= 4 is 21.9 Å². The van der Waals surface area contributed by atoms with E-state index in [1.54, 1.807) is 12.1 Å². The van der Waals surface area contributed by atoms with Crippen molar-refractivity contribution in [3.05, 3.63) is 29.3 Å². The number of hydrogen-bond acceptors (Lipinski definition) is 3.